The highest BCUT2D eigenvalue weighted by Gasteiger charge is 2.62. The van der Waals surface area contributed by atoms with E-state index in [4.69, 9.17) is 23.5 Å². The van der Waals surface area contributed by atoms with Crippen molar-refractivity contribution in [3.63, 3.8) is 0 Å². The molecule has 0 aromatic heterocycles. The number of ether oxygens (including phenoxy) is 3. The topological polar surface area (TPSA) is 80.3 Å². The molecule has 4 rings (SSSR count). The van der Waals surface area contributed by atoms with Crippen molar-refractivity contribution in [2.75, 3.05) is 20.8 Å². The molecular formula is C26H35BO7. The molecule has 2 fully saturated rings. The van der Waals surface area contributed by atoms with Crippen molar-refractivity contribution in [3.05, 3.63) is 41.5 Å². The Morgan fingerprint density at radius 3 is 2.09 bits per heavy atom. The van der Waals surface area contributed by atoms with Crippen molar-refractivity contribution in [2.24, 2.45) is 10.8 Å². The van der Waals surface area contributed by atoms with Crippen LogP contribution in [0.2, 0.25) is 0 Å². The van der Waals surface area contributed by atoms with E-state index in [1.165, 1.54) is 14.2 Å². The first-order valence-electron chi connectivity index (χ1n) is 11.7. The molecule has 0 spiro atoms. The number of esters is 2. The lowest BCUT2D eigenvalue weighted by Gasteiger charge is -2.38. The molecule has 1 aliphatic carbocycles. The van der Waals surface area contributed by atoms with Gasteiger partial charge in [0.2, 0.25) is 0 Å². The minimum atomic E-state index is -0.655. The summed E-state index contributed by atoms with van der Waals surface area (Å²) in [6.07, 6.45) is 1.99. The molecule has 2 saturated heterocycles. The van der Waals surface area contributed by atoms with Crippen molar-refractivity contribution in [1.29, 1.82) is 0 Å². The van der Waals surface area contributed by atoms with Gasteiger partial charge in [0, 0.05) is 16.4 Å². The van der Waals surface area contributed by atoms with Crippen LogP contribution in [0.25, 0.3) is 0 Å². The molecule has 1 aromatic rings. The molecule has 1 aromatic carbocycles. The molecule has 0 radical (unpaired) electrons. The fraction of sp³-hybridized carbons (Fsp3) is 0.615. The van der Waals surface area contributed by atoms with E-state index in [-0.39, 0.29) is 17.4 Å². The number of rotatable bonds is 5. The standard InChI is InChI=1S/C26H35BO7/c1-23(2)24(3,4)34-27(33-23)18-11-9-16(10-12-18)19(22(29)31-8)20-26(6)14-17(21(28)30-7)13-25(26,5)15-32-20/h9-12,14,19-20H,13,15H2,1-8H3/t19?,20-,25-,26+/m1/s1. The summed E-state index contributed by atoms with van der Waals surface area (Å²) in [5, 5.41) is 0. The van der Waals surface area contributed by atoms with Gasteiger partial charge in [-0.2, -0.15) is 0 Å². The highest BCUT2D eigenvalue weighted by molar-refractivity contribution is 6.62. The number of hydrogen-bond donors (Lipinski definition) is 0. The number of fused-ring (bicyclic) bond motifs is 1. The molecular weight excluding hydrogens is 435 g/mol. The SMILES string of the molecule is COC(=O)C1=C[C@@]2(C)[C@@H](C(C(=O)OC)c3ccc(B4OC(C)(C)C(C)(C)O4)cc3)OC[C@@]2(C)C1. The summed E-state index contributed by atoms with van der Waals surface area (Å²) in [6.45, 7) is 12.6. The van der Waals surface area contributed by atoms with Crippen molar-refractivity contribution >= 4 is 24.5 Å². The molecule has 4 atom stereocenters. The number of benzene rings is 1. The highest BCUT2D eigenvalue weighted by Crippen LogP contribution is 2.61. The van der Waals surface area contributed by atoms with Gasteiger partial charge in [0.1, 0.15) is 5.92 Å². The average molecular weight is 470 g/mol. The summed E-state index contributed by atoms with van der Waals surface area (Å²) in [5.74, 6) is -1.37. The number of hydrogen-bond acceptors (Lipinski definition) is 7. The van der Waals surface area contributed by atoms with Gasteiger partial charge in [-0.25, -0.2) is 4.79 Å². The Morgan fingerprint density at radius 2 is 1.56 bits per heavy atom. The fourth-order valence-corrected chi connectivity index (χ4v) is 5.38. The summed E-state index contributed by atoms with van der Waals surface area (Å²) in [5.41, 5.74) is 0.545. The lowest BCUT2D eigenvalue weighted by Crippen LogP contribution is -2.42. The van der Waals surface area contributed by atoms with E-state index in [2.05, 4.69) is 13.8 Å². The largest absolute Gasteiger partial charge is 0.494 e. The Morgan fingerprint density at radius 1 is 0.971 bits per heavy atom. The van der Waals surface area contributed by atoms with E-state index in [0.717, 1.165) is 11.0 Å². The van der Waals surface area contributed by atoms with Gasteiger partial charge in [-0.05, 0) is 45.1 Å². The van der Waals surface area contributed by atoms with Crippen molar-refractivity contribution in [3.8, 4) is 0 Å². The van der Waals surface area contributed by atoms with E-state index < -0.39 is 35.8 Å². The van der Waals surface area contributed by atoms with Gasteiger partial charge in [0.05, 0.1) is 38.1 Å². The Hall–Kier alpha value is -2.16. The normalized spacial score (nSPS) is 32.2. The smallest absolute Gasteiger partial charge is 0.468 e. The van der Waals surface area contributed by atoms with Gasteiger partial charge in [0.25, 0.3) is 0 Å². The number of methoxy groups -OCH3 is 2. The molecule has 2 heterocycles. The van der Waals surface area contributed by atoms with Gasteiger partial charge in [-0.15, -0.1) is 0 Å². The zero-order chi connectivity index (χ0) is 25.1. The number of carbonyl (C=O) groups is 2. The minimum absolute atomic E-state index is 0.323. The Bertz CT molecular complexity index is 998. The summed E-state index contributed by atoms with van der Waals surface area (Å²) < 4.78 is 28.8. The maximum Gasteiger partial charge on any atom is 0.494 e. The first-order chi connectivity index (χ1) is 15.8. The Kier molecular flexibility index (Phi) is 6.03. The third-order valence-corrected chi connectivity index (χ3v) is 8.55. The average Bonchev–Trinajstić information content (AvgIpc) is 3.28. The third kappa shape index (κ3) is 3.71. The zero-order valence-corrected chi connectivity index (χ0v) is 21.4. The molecule has 0 amide bonds. The maximum absolute atomic E-state index is 13.1. The Labute approximate surface area is 202 Å². The van der Waals surface area contributed by atoms with Crippen LogP contribution in [-0.2, 0) is 33.1 Å². The molecule has 2 aliphatic heterocycles. The second-order valence-corrected chi connectivity index (χ2v) is 11.2. The molecule has 0 saturated carbocycles. The van der Waals surface area contributed by atoms with Crippen LogP contribution in [0.4, 0.5) is 0 Å². The lowest BCUT2D eigenvalue weighted by atomic mass is 9.64. The summed E-state index contributed by atoms with van der Waals surface area (Å²) >= 11 is 0. The van der Waals surface area contributed by atoms with Crippen LogP contribution in [0, 0.1) is 10.8 Å². The highest BCUT2D eigenvalue weighted by atomic mass is 16.7. The molecule has 184 valence electrons. The van der Waals surface area contributed by atoms with Crippen LogP contribution in [0.3, 0.4) is 0 Å². The third-order valence-electron chi connectivity index (χ3n) is 8.55. The minimum Gasteiger partial charge on any atom is -0.468 e. The summed E-state index contributed by atoms with van der Waals surface area (Å²) in [7, 11) is 2.28. The Balaban J connectivity index is 1.66. The number of carbonyl (C=O) groups excluding carboxylic acids is 2. The van der Waals surface area contributed by atoms with E-state index in [1.807, 2.05) is 58.0 Å². The van der Waals surface area contributed by atoms with E-state index in [0.29, 0.717) is 18.6 Å². The molecule has 34 heavy (non-hydrogen) atoms. The van der Waals surface area contributed by atoms with Crippen LogP contribution in [-0.4, -0.2) is 57.2 Å². The summed E-state index contributed by atoms with van der Waals surface area (Å²) in [4.78, 5) is 25.3. The lowest BCUT2D eigenvalue weighted by molar-refractivity contribution is -0.147. The van der Waals surface area contributed by atoms with Crippen molar-refractivity contribution < 1.29 is 33.1 Å². The zero-order valence-electron chi connectivity index (χ0n) is 21.4. The first-order valence-corrected chi connectivity index (χ1v) is 11.7. The fourth-order valence-electron chi connectivity index (χ4n) is 5.38. The summed E-state index contributed by atoms with van der Waals surface area (Å²) in [6, 6.07) is 7.66. The first kappa shape index (κ1) is 25.0. The second kappa shape index (κ2) is 8.21. The van der Waals surface area contributed by atoms with E-state index in [9.17, 15) is 9.59 Å². The van der Waals surface area contributed by atoms with Crippen molar-refractivity contribution in [1.82, 2.24) is 0 Å². The van der Waals surface area contributed by atoms with Gasteiger partial charge in [-0.1, -0.05) is 44.2 Å². The molecule has 3 aliphatic rings. The van der Waals surface area contributed by atoms with Gasteiger partial charge in [-0.3, -0.25) is 4.79 Å². The molecule has 1 unspecified atom stereocenters. The van der Waals surface area contributed by atoms with E-state index >= 15 is 0 Å². The molecule has 7 nitrogen and oxygen atoms in total. The second-order valence-electron chi connectivity index (χ2n) is 11.2. The van der Waals surface area contributed by atoms with Gasteiger partial charge < -0.3 is 23.5 Å². The van der Waals surface area contributed by atoms with Crippen LogP contribution in [0.5, 0.6) is 0 Å². The predicted octanol–water partition coefficient (Wildman–Crippen LogP) is 3.16. The molecule has 0 bridgehead atoms. The van der Waals surface area contributed by atoms with Gasteiger partial charge >= 0.3 is 19.1 Å². The maximum atomic E-state index is 13.1. The van der Waals surface area contributed by atoms with Crippen LogP contribution in [0.15, 0.2) is 35.9 Å². The van der Waals surface area contributed by atoms with Crippen LogP contribution in [0.1, 0.15) is 59.4 Å². The van der Waals surface area contributed by atoms with Crippen LogP contribution >= 0.6 is 0 Å². The monoisotopic (exact) mass is 470 g/mol. The molecule has 0 N–H and O–H groups in total. The quantitative estimate of drug-likeness (QED) is 0.483. The van der Waals surface area contributed by atoms with Crippen LogP contribution < -0.4 is 5.46 Å². The predicted molar refractivity (Wildman–Crippen MR) is 128 cm³/mol. The molecule has 8 heteroatoms. The van der Waals surface area contributed by atoms with Crippen molar-refractivity contribution in [2.45, 2.75) is 71.2 Å². The van der Waals surface area contributed by atoms with E-state index in [1.54, 1.807) is 0 Å². The van der Waals surface area contributed by atoms with Gasteiger partial charge in [0.15, 0.2) is 0 Å².